The summed E-state index contributed by atoms with van der Waals surface area (Å²) in [4.78, 5) is 4.38. The van der Waals surface area contributed by atoms with Gasteiger partial charge in [-0.2, -0.15) is 5.10 Å². The highest BCUT2D eigenvalue weighted by atomic mass is 35.5. The van der Waals surface area contributed by atoms with E-state index in [1.807, 2.05) is 31.2 Å². The highest BCUT2D eigenvalue weighted by Gasteiger charge is 2.10. The Kier molecular flexibility index (Phi) is 2.97. The molecule has 0 bridgehead atoms. The van der Waals surface area contributed by atoms with Gasteiger partial charge >= 0.3 is 0 Å². The third-order valence-electron chi connectivity index (χ3n) is 3.08. The zero-order valence-corrected chi connectivity index (χ0v) is 11.1. The highest BCUT2D eigenvalue weighted by molar-refractivity contribution is 6.31. The van der Waals surface area contributed by atoms with Crippen LogP contribution in [0, 0.1) is 6.92 Å². The topological polar surface area (TPSA) is 50.9 Å². The number of halogens is 1. The van der Waals surface area contributed by atoms with Gasteiger partial charge in [0.15, 0.2) is 5.82 Å². The smallest absolute Gasteiger partial charge is 0.161 e. The maximum Gasteiger partial charge on any atom is 0.161 e. The maximum absolute atomic E-state index is 9.36. The minimum Gasteiger partial charge on any atom is -0.392 e. The Hall–Kier alpha value is -1.91. The lowest BCUT2D eigenvalue weighted by atomic mass is 10.1. The van der Waals surface area contributed by atoms with Crippen molar-refractivity contribution in [3.8, 4) is 5.82 Å². The van der Waals surface area contributed by atoms with Crippen LogP contribution in [0.15, 0.2) is 36.7 Å². The summed E-state index contributed by atoms with van der Waals surface area (Å²) in [7, 11) is 0. The third-order valence-corrected chi connectivity index (χ3v) is 3.45. The third kappa shape index (κ3) is 1.99. The van der Waals surface area contributed by atoms with Gasteiger partial charge < -0.3 is 5.11 Å². The second-order valence-corrected chi connectivity index (χ2v) is 4.72. The summed E-state index contributed by atoms with van der Waals surface area (Å²) in [5.41, 5.74) is 1.56. The summed E-state index contributed by atoms with van der Waals surface area (Å²) in [6, 6.07) is 7.80. The molecule has 0 fully saturated rings. The summed E-state index contributed by atoms with van der Waals surface area (Å²) >= 11 is 6.04. The SMILES string of the molecule is Cc1nn(-c2ncc(CO)c3ccccc23)cc1Cl. The van der Waals surface area contributed by atoms with Crippen LogP contribution >= 0.6 is 11.6 Å². The van der Waals surface area contributed by atoms with Gasteiger partial charge in [0.2, 0.25) is 0 Å². The van der Waals surface area contributed by atoms with Crippen LogP contribution in [0.5, 0.6) is 0 Å². The quantitative estimate of drug-likeness (QED) is 0.781. The molecule has 3 aromatic rings. The molecule has 96 valence electrons. The molecule has 2 aromatic heterocycles. The molecule has 0 amide bonds. The summed E-state index contributed by atoms with van der Waals surface area (Å²) in [6.07, 6.45) is 3.41. The molecule has 0 aliphatic heterocycles. The molecular weight excluding hydrogens is 262 g/mol. The fourth-order valence-electron chi connectivity index (χ4n) is 2.09. The number of nitrogens with zero attached hydrogens (tertiary/aromatic N) is 3. The van der Waals surface area contributed by atoms with Gasteiger partial charge in [0.05, 0.1) is 23.5 Å². The lowest BCUT2D eigenvalue weighted by Crippen LogP contribution is -2.01. The number of aromatic nitrogens is 3. The number of rotatable bonds is 2. The molecule has 0 radical (unpaired) electrons. The van der Waals surface area contributed by atoms with Crippen molar-refractivity contribution < 1.29 is 5.11 Å². The molecule has 0 aliphatic rings. The van der Waals surface area contributed by atoms with Crippen LogP contribution in [0.25, 0.3) is 16.6 Å². The van der Waals surface area contributed by atoms with Crippen LogP contribution in [0.2, 0.25) is 5.02 Å². The predicted octanol–water partition coefficient (Wildman–Crippen LogP) is 2.87. The van der Waals surface area contributed by atoms with Crippen molar-refractivity contribution in [3.05, 3.63) is 52.9 Å². The van der Waals surface area contributed by atoms with Gasteiger partial charge in [0.25, 0.3) is 0 Å². The number of hydrogen-bond donors (Lipinski definition) is 1. The minimum absolute atomic E-state index is 0.0350. The molecule has 1 aromatic carbocycles. The first-order chi connectivity index (χ1) is 9.20. The summed E-state index contributed by atoms with van der Waals surface area (Å²) in [6.45, 7) is 1.82. The normalized spacial score (nSPS) is 11.1. The largest absolute Gasteiger partial charge is 0.392 e. The number of aryl methyl sites for hydroxylation is 1. The monoisotopic (exact) mass is 273 g/mol. The van der Waals surface area contributed by atoms with E-state index in [9.17, 15) is 5.11 Å². The molecule has 0 saturated carbocycles. The zero-order chi connectivity index (χ0) is 13.4. The summed E-state index contributed by atoms with van der Waals surface area (Å²) in [5.74, 6) is 0.711. The number of fused-ring (bicyclic) bond motifs is 1. The first-order valence-electron chi connectivity index (χ1n) is 5.90. The van der Waals surface area contributed by atoms with E-state index in [2.05, 4.69) is 10.1 Å². The number of pyridine rings is 1. The van der Waals surface area contributed by atoms with E-state index in [-0.39, 0.29) is 6.61 Å². The van der Waals surface area contributed by atoms with Crippen molar-refractivity contribution >= 4 is 22.4 Å². The van der Waals surface area contributed by atoms with E-state index in [1.54, 1.807) is 17.1 Å². The van der Waals surface area contributed by atoms with Crippen LogP contribution in [0.1, 0.15) is 11.3 Å². The molecule has 3 rings (SSSR count). The predicted molar refractivity (Wildman–Crippen MR) is 74.5 cm³/mol. The molecular formula is C14H12ClN3O. The van der Waals surface area contributed by atoms with Gasteiger partial charge in [-0.15, -0.1) is 0 Å². The van der Waals surface area contributed by atoms with Crippen LogP contribution in [-0.2, 0) is 6.61 Å². The molecule has 19 heavy (non-hydrogen) atoms. The van der Waals surface area contributed by atoms with Crippen molar-refractivity contribution in [2.75, 3.05) is 0 Å². The summed E-state index contributed by atoms with van der Waals surface area (Å²) < 4.78 is 1.67. The molecule has 0 aliphatic carbocycles. The molecule has 0 saturated heterocycles. The number of hydrogen-bond acceptors (Lipinski definition) is 3. The second-order valence-electron chi connectivity index (χ2n) is 4.32. The van der Waals surface area contributed by atoms with Gasteiger partial charge in [-0.1, -0.05) is 35.9 Å². The number of aliphatic hydroxyl groups excluding tert-OH is 1. The maximum atomic E-state index is 9.36. The Labute approximate surface area is 115 Å². The van der Waals surface area contributed by atoms with Gasteiger partial charge in [-0.25, -0.2) is 9.67 Å². The van der Waals surface area contributed by atoms with Crippen molar-refractivity contribution in [1.82, 2.24) is 14.8 Å². The van der Waals surface area contributed by atoms with E-state index in [1.165, 1.54) is 0 Å². The number of aliphatic hydroxyl groups is 1. The van der Waals surface area contributed by atoms with Crippen molar-refractivity contribution in [2.24, 2.45) is 0 Å². The van der Waals surface area contributed by atoms with Crippen molar-refractivity contribution in [2.45, 2.75) is 13.5 Å². The first kappa shape index (κ1) is 12.1. The van der Waals surface area contributed by atoms with Crippen LogP contribution < -0.4 is 0 Å². The molecule has 0 spiro atoms. The van der Waals surface area contributed by atoms with Crippen molar-refractivity contribution in [3.63, 3.8) is 0 Å². The lowest BCUT2D eigenvalue weighted by molar-refractivity contribution is 0.283. The fraction of sp³-hybridized carbons (Fsp3) is 0.143. The Balaban J connectivity index is 2.30. The lowest BCUT2D eigenvalue weighted by Gasteiger charge is -2.08. The Bertz CT molecular complexity index is 732. The van der Waals surface area contributed by atoms with Gasteiger partial charge in [-0.05, 0) is 12.3 Å². The fourth-order valence-corrected chi connectivity index (χ4v) is 2.22. The molecule has 5 heteroatoms. The average Bonchev–Trinajstić information content (AvgIpc) is 2.77. The molecule has 2 heterocycles. The number of benzene rings is 1. The van der Waals surface area contributed by atoms with Crippen LogP contribution in [0.3, 0.4) is 0 Å². The van der Waals surface area contributed by atoms with Crippen LogP contribution in [-0.4, -0.2) is 19.9 Å². The van der Waals surface area contributed by atoms with E-state index in [4.69, 9.17) is 11.6 Å². The highest BCUT2D eigenvalue weighted by Crippen LogP contribution is 2.24. The van der Waals surface area contributed by atoms with Crippen LogP contribution in [0.4, 0.5) is 0 Å². The Morgan fingerprint density at radius 3 is 2.63 bits per heavy atom. The second kappa shape index (κ2) is 4.64. The van der Waals surface area contributed by atoms with E-state index >= 15 is 0 Å². The summed E-state index contributed by atoms with van der Waals surface area (Å²) in [5, 5.41) is 16.2. The van der Waals surface area contributed by atoms with Gasteiger partial charge in [0.1, 0.15) is 0 Å². The molecule has 4 nitrogen and oxygen atoms in total. The Morgan fingerprint density at radius 1 is 1.26 bits per heavy atom. The van der Waals surface area contributed by atoms with E-state index in [0.29, 0.717) is 10.8 Å². The molecule has 0 atom stereocenters. The first-order valence-corrected chi connectivity index (χ1v) is 6.28. The van der Waals surface area contributed by atoms with Gasteiger partial charge in [-0.3, -0.25) is 0 Å². The van der Waals surface area contributed by atoms with Crippen molar-refractivity contribution in [1.29, 1.82) is 0 Å². The molecule has 0 unspecified atom stereocenters. The molecule has 1 N–H and O–H groups in total. The Morgan fingerprint density at radius 2 is 2.00 bits per heavy atom. The minimum atomic E-state index is -0.0350. The van der Waals surface area contributed by atoms with E-state index < -0.39 is 0 Å². The van der Waals surface area contributed by atoms with E-state index in [0.717, 1.165) is 22.0 Å². The standard InChI is InChI=1S/C14H12ClN3O/c1-9-13(15)7-18(17-9)14-12-5-3-2-4-11(12)10(8-19)6-16-14/h2-7,19H,8H2,1H3. The zero-order valence-electron chi connectivity index (χ0n) is 10.3. The average molecular weight is 274 g/mol. The van der Waals surface area contributed by atoms with Gasteiger partial charge in [0, 0.05) is 17.1 Å².